The zero-order valence-corrected chi connectivity index (χ0v) is 20.3. The maximum Gasteiger partial charge on any atom is 0.404 e. The summed E-state index contributed by atoms with van der Waals surface area (Å²) in [5, 5.41) is 2.84. The van der Waals surface area contributed by atoms with Crippen molar-refractivity contribution in [2.45, 2.75) is 58.0 Å². The summed E-state index contributed by atoms with van der Waals surface area (Å²) < 4.78 is 59.8. The Morgan fingerprint density at radius 2 is 1.74 bits per heavy atom. The van der Waals surface area contributed by atoms with Crippen LogP contribution in [0.3, 0.4) is 0 Å². The molecule has 1 fully saturated rings. The first-order valence-electron chi connectivity index (χ1n) is 11.8. The average Bonchev–Trinajstić information content (AvgIpc) is 2.81. The molecular weight excluding hydrogens is 462 g/mol. The van der Waals surface area contributed by atoms with E-state index in [2.05, 4.69) is 19.2 Å². The first-order valence-corrected chi connectivity index (χ1v) is 11.8. The van der Waals surface area contributed by atoms with Gasteiger partial charge in [-0.15, -0.1) is 0 Å². The highest BCUT2D eigenvalue weighted by Crippen LogP contribution is 2.33. The summed E-state index contributed by atoms with van der Waals surface area (Å²) in [5.74, 6) is 0.718. The molecule has 192 valence electrons. The molecule has 1 saturated heterocycles. The van der Waals surface area contributed by atoms with E-state index in [0.717, 1.165) is 11.3 Å². The zero-order chi connectivity index (χ0) is 25.6. The number of hydrogen-bond acceptors (Lipinski definition) is 3. The summed E-state index contributed by atoms with van der Waals surface area (Å²) >= 11 is 0. The van der Waals surface area contributed by atoms with Crippen molar-refractivity contribution in [1.82, 2.24) is 15.1 Å². The maximum atomic E-state index is 13.6. The Labute approximate surface area is 204 Å². The van der Waals surface area contributed by atoms with Gasteiger partial charge in [0.25, 0.3) is 0 Å². The molecule has 1 N–H and O–H groups in total. The highest BCUT2D eigenvalue weighted by Gasteiger charge is 2.46. The van der Waals surface area contributed by atoms with Crippen molar-refractivity contribution in [2.75, 3.05) is 20.2 Å². The molecule has 1 heterocycles. The molecule has 1 aliphatic rings. The summed E-state index contributed by atoms with van der Waals surface area (Å²) in [6.07, 6.45) is -4.18. The fourth-order valence-corrected chi connectivity index (χ4v) is 4.13. The number of urea groups is 1. The molecule has 2 aromatic carbocycles. The van der Waals surface area contributed by atoms with Crippen molar-refractivity contribution in [3.05, 3.63) is 65.5 Å². The van der Waals surface area contributed by atoms with Gasteiger partial charge in [-0.3, -0.25) is 4.90 Å². The molecule has 1 aliphatic heterocycles. The zero-order valence-electron chi connectivity index (χ0n) is 20.3. The fraction of sp³-hybridized carbons (Fsp3) is 0.500. The lowest BCUT2D eigenvalue weighted by atomic mass is 9.95. The lowest BCUT2D eigenvalue weighted by Crippen LogP contribution is -2.56. The summed E-state index contributed by atoms with van der Waals surface area (Å²) in [7, 11) is 1.45. The van der Waals surface area contributed by atoms with Crippen LogP contribution in [0.5, 0.6) is 5.75 Å². The molecule has 9 heteroatoms. The molecule has 35 heavy (non-hydrogen) atoms. The van der Waals surface area contributed by atoms with E-state index in [1.54, 1.807) is 12.1 Å². The number of rotatable bonds is 8. The Morgan fingerprint density at radius 1 is 1.11 bits per heavy atom. The van der Waals surface area contributed by atoms with Gasteiger partial charge < -0.3 is 15.0 Å². The van der Waals surface area contributed by atoms with Crippen molar-refractivity contribution in [3.8, 4) is 5.75 Å². The topological polar surface area (TPSA) is 44.8 Å². The van der Waals surface area contributed by atoms with Crippen LogP contribution in [0, 0.1) is 11.7 Å². The fourth-order valence-electron chi connectivity index (χ4n) is 4.13. The van der Waals surface area contributed by atoms with Crippen LogP contribution in [0.2, 0.25) is 0 Å². The molecule has 0 aromatic heterocycles. The van der Waals surface area contributed by atoms with Crippen LogP contribution < -0.4 is 10.1 Å². The van der Waals surface area contributed by atoms with Crippen molar-refractivity contribution in [1.29, 1.82) is 0 Å². The Morgan fingerprint density at radius 3 is 2.34 bits per heavy atom. The molecule has 0 unspecified atom stereocenters. The van der Waals surface area contributed by atoms with E-state index in [9.17, 15) is 22.4 Å². The molecule has 5 nitrogen and oxygen atoms in total. The predicted octanol–water partition coefficient (Wildman–Crippen LogP) is 5.60. The standard InChI is InChI=1S/C26H33F4N3O2/c1-18(2)17-35-23-10-6-19(7-11-23)15-31-25(34)33(16-20-4-8-21(27)9-5-20)22-12-13-32(3)24(14-22)26(28,29)30/h4-11,18,22,24H,12-17H2,1-3H3,(H,31,34)/t22-,24+/m1/s1. The number of ether oxygens (including phenoxy) is 1. The van der Waals surface area contributed by atoms with E-state index in [1.807, 2.05) is 24.3 Å². The van der Waals surface area contributed by atoms with Gasteiger partial charge in [0.05, 0.1) is 6.61 Å². The minimum absolute atomic E-state index is 0.0903. The monoisotopic (exact) mass is 495 g/mol. The molecular formula is C26H33F4N3O2. The smallest absolute Gasteiger partial charge is 0.404 e. The quantitative estimate of drug-likeness (QED) is 0.485. The van der Waals surface area contributed by atoms with E-state index >= 15 is 0 Å². The highest BCUT2D eigenvalue weighted by molar-refractivity contribution is 5.74. The number of amides is 2. The van der Waals surface area contributed by atoms with Gasteiger partial charge in [-0.25, -0.2) is 9.18 Å². The van der Waals surface area contributed by atoms with E-state index in [-0.39, 0.29) is 26.1 Å². The van der Waals surface area contributed by atoms with Crippen molar-refractivity contribution in [2.24, 2.45) is 5.92 Å². The van der Waals surface area contributed by atoms with Crippen molar-refractivity contribution >= 4 is 6.03 Å². The number of nitrogens with zero attached hydrogens (tertiary/aromatic N) is 2. The van der Waals surface area contributed by atoms with Gasteiger partial charge in [0.1, 0.15) is 17.6 Å². The molecule has 0 radical (unpaired) electrons. The van der Waals surface area contributed by atoms with Crippen molar-refractivity contribution < 1.29 is 27.1 Å². The Hall–Kier alpha value is -2.81. The molecule has 0 saturated carbocycles. The largest absolute Gasteiger partial charge is 0.493 e. The number of carbonyl (C=O) groups excluding carboxylic acids is 1. The van der Waals surface area contributed by atoms with E-state index in [4.69, 9.17) is 4.74 Å². The summed E-state index contributed by atoms with van der Waals surface area (Å²) in [6.45, 7) is 5.25. The van der Waals surface area contributed by atoms with Crippen LogP contribution in [0.25, 0.3) is 0 Å². The molecule has 0 spiro atoms. The minimum Gasteiger partial charge on any atom is -0.493 e. The second kappa shape index (κ2) is 11.7. The number of likely N-dealkylation sites (tertiary alicyclic amines) is 1. The van der Waals surface area contributed by atoms with Crippen LogP contribution in [0.1, 0.15) is 37.8 Å². The third-order valence-corrected chi connectivity index (χ3v) is 6.14. The Balaban J connectivity index is 1.70. The number of hydrogen-bond donors (Lipinski definition) is 1. The third kappa shape index (κ3) is 7.85. The van der Waals surface area contributed by atoms with Crippen molar-refractivity contribution in [3.63, 3.8) is 0 Å². The Kier molecular flexibility index (Phi) is 8.99. The van der Waals surface area contributed by atoms with Gasteiger partial charge in [-0.1, -0.05) is 38.1 Å². The van der Waals surface area contributed by atoms with Gasteiger partial charge in [-0.05, 0) is 61.2 Å². The first kappa shape index (κ1) is 26.8. The number of piperidine rings is 1. The number of nitrogens with one attached hydrogen (secondary N) is 1. The van der Waals surface area contributed by atoms with E-state index < -0.39 is 30.1 Å². The summed E-state index contributed by atoms with van der Waals surface area (Å²) in [5.41, 5.74) is 1.49. The average molecular weight is 496 g/mol. The van der Waals surface area contributed by atoms with Crippen LogP contribution in [0.15, 0.2) is 48.5 Å². The van der Waals surface area contributed by atoms with Crippen LogP contribution in [0.4, 0.5) is 22.4 Å². The number of halogens is 4. The second-order valence-corrected chi connectivity index (χ2v) is 9.48. The summed E-state index contributed by atoms with van der Waals surface area (Å²) in [6, 6.07) is 10.3. The maximum absolute atomic E-state index is 13.6. The number of alkyl halides is 3. The minimum atomic E-state index is -4.38. The van der Waals surface area contributed by atoms with Crippen LogP contribution >= 0.6 is 0 Å². The molecule has 2 amide bonds. The van der Waals surface area contributed by atoms with Crippen LogP contribution in [-0.4, -0.2) is 54.3 Å². The lowest BCUT2D eigenvalue weighted by molar-refractivity contribution is -0.191. The molecule has 2 aromatic rings. The SMILES string of the molecule is CC(C)COc1ccc(CNC(=O)N(Cc2ccc(F)cc2)[C@@H]2CCN(C)[C@H](C(F)(F)F)C2)cc1. The van der Waals surface area contributed by atoms with Crippen LogP contribution in [-0.2, 0) is 13.1 Å². The number of benzene rings is 2. The molecule has 3 rings (SSSR count). The van der Waals surface area contributed by atoms with Gasteiger partial charge in [0.2, 0.25) is 0 Å². The van der Waals surface area contributed by atoms with E-state index in [1.165, 1.54) is 29.0 Å². The summed E-state index contributed by atoms with van der Waals surface area (Å²) in [4.78, 5) is 15.9. The highest BCUT2D eigenvalue weighted by atomic mass is 19.4. The normalized spacial score (nSPS) is 19.0. The molecule has 2 atom stereocenters. The van der Waals surface area contributed by atoms with E-state index in [0.29, 0.717) is 24.5 Å². The van der Waals surface area contributed by atoms with Gasteiger partial charge in [0.15, 0.2) is 0 Å². The number of carbonyl (C=O) groups is 1. The third-order valence-electron chi connectivity index (χ3n) is 6.14. The second-order valence-electron chi connectivity index (χ2n) is 9.48. The lowest BCUT2D eigenvalue weighted by Gasteiger charge is -2.42. The first-order chi connectivity index (χ1) is 16.5. The van der Waals surface area contributed by atoms with Gasteiger partial charge in [0, 0.05) is 25.7 Å². The Bertz CT molecular complexity index is 949. The molecule has 0 aliphatic carbocycles. The predicted molar refractivity (Wildman–Crippen MR) is 126 cm³/mol. The van der Waals surface area contributed by atoms with Gasteiger partial charge in [-0.2, -0.15) is 13.2 Å². The van der Waals surface area contributed by atoms with Gasteiger partial charge >= 0.3 is 12.2 Å². The molecule has 0 bridgehead atoms.